The van der Waals surface area contributed by atoms with Gasteiger partial charge in [-0.2, -0.15) is 0 Å². The zero-order chi connectivity index (χ0) is 16.6. The van der Waals surface area contributed by atoms with Crippen molar-refractivity contribution < 1.29 is 9.47 Å². The molecule has 0 aromatic heterocycles. The second-order valence-corrected chi connectivity index (χ2v) is 5.33. The van der Waals surface area contributed by atoms with Crippen LogP contribution in [0, 0.1) is 0 Å². The lowest BCUT2D eigenvalue weighted by atomic mass is 10.1. The minimum Gasteiger partial charge on any atom is -0.382 e. The van der Waals surface area contributed by atoms with Crippen molar-refractivity contribution in [3.63, 3.8) is 0 Å². The maximum absolute atomic E-state index is 5.43. The second kappa shape index (κ2) is 14.0. The highest BCUT2D eigenvalue weighted by Gasteiger charge is 1.97. The number of benzene rings is 1. The molecule has 0 radical (unpaired) electrons. The van der Waals surface area contributed by atoms with Gasteiger partial charge in [0.15, 0.2) is 5.96 Å². The van der Waals surface area contributed by atoms with Crippen LogP contribution in [0.4, 0.5) is 0 Å². The van der Waals surface area contributed by atoms with Crippen LogP contribution in [0.25, 0.3) is 0 Å². The van der Waals surface area contributed by atoms with Crippen LogP contribution in [0.15, 0.2) is 35.3 Å². The number of rotatable bonds is 12. The predicted octanol–water partition coefficient (Wildman–Crippen LogP) is 2.23. The van der Waals surface area contributed by atoms with Gasteiger partial charge in [0.05, 0.1) is 13.2 Å². The highest BCUT2D eigenvalue weighted by Crippen LogP contribution is 2.01. The van der Waals surface area contributed by atoms with E-state index in [9.17, 15) is 0 Å². The fourth-order valence-electron chi connectivity index (χ4n) is 2.14. The fraction of sp³-hybridized carbons (Fsp3) is 0.611. The lowest BCUT2D eigenvalue weighted by molar-refractivity contribution is 0.0689. The van der Waals surface area contributed by atoms with Crippen molar-refractivity contribution in [3.05, 3.63) is 35.9 Å². The molecule has 5 nitrogen and oxygen atoms in total. The van der Waals surface area contributed by atoms with E-state index in [1.165, 1.54) is 5.56 Å². The lowest BCUT2D eigenvalue weighted by Crippen LogP contribution is -2.38. The first-order valence-electron chi connectivity index (χ1n) is 8.42. The lowest BCUT2D eigenvalue weighted by Gasteiger charge is -2.12. The summed E-state index contributed by atoms with van der Waals surface area (Å²) in [6.07, 6.45) is 4.29. The maximum atomic E-state index is 5.43. The number of nitrogens with zero attached hydrogens (tertiary/aromatic N) is 1. The van der Waals surface area contributed by atoms with E-state index in [2.05, 4.69) is 46.0 Å². The quantitative estimate of drug-likeness (QED) is 0.352. The summed E-state index contributed by atoms with van der Waals surface area (Å²) in [6.45, 7) is 3.96. The van der Waals surface area contributed by atoms with E-state index >= 15 is 0 Å². The van der Waals surface area contributed by atoms with Crippen LogP contribution >= 0.6 is 0 Å². The number of methoxy groups -OCH3 is 1. The molecular formula is C18H31N3O2. The standard InChI is InChI=1S/C18H31N3O2/c1-19-18(20-12-6-7-14-23-16-15-22-2)21-13-8-11-17-9-4-3-5-10-17/h3-5,9-10H,6-8,11-16H2,1-2H3,(H2,19,20,21). The zero-order valence-corrected chi connectivity index (χ0v) is 14.5. The van der Waals surface area contributed by atoms with Gasteiger partial charge in [0, 0.05) is 33.9 Å². The fourth-order valence-corrected chi connectivity index (χ4v) is 2.14. The molecule has 0 aliphatic heterocycles. The number of aliphatic imine (C=N–C) groups is 1. The number of hydrogen-bond donors (Lipinski definition) is 2. The van der Waals surface area contributed by atoms with Gasteiger partial charge in [0.1, 0.15) is 0 Å². The largest absolute Gasteiger partial charge is 0.382 e. The van der Waals surface area contributed by atoms with Crippen molar-refractivity contribution in [1.82, 2.24) is 10.6 Å². The summed E-state index contributed by atoms with van der Waals surface area (Å²) in [7, 11) is 3.49. The Balaban J connectivity index is 1.97. The molecule has 0 aliphatic rings. The van der Waals surface area contributed by atoms with Crippen molar-refractivity contribution in [2.24, 2.45) is 4.99 Å². The Labute approximate surface area is 140 Å². The second-order valence-electron chi connectivity index (χ2n) is 5.33. The Bertz CT molecular complexity index is 410. The molecule has 5 heteroatoms. The summed E-state index contributed by atoms with van der Waals surface area (Å²) in [4.78, 5) is 4.24. The smallest absolute Gasteiger partial charge is 0.190 e. The third-order valence-electron chi connectivity index (χ3n) is 3.44. The van der Waals surface area contributed by atoms with Gasteiger partial charge in [-0.25, -0.2) is 0 Å². The summed E-state index contributed by atoms with van der Waals surface area (Å²) in [5.41, 5.74) is 1.38. The normalized spacial score (nSPS) is 11.5. The van der Waals surface area contributed by atoms with Crippen molar-refractivity contribution in [3.8, 4) is 0 Å². The van der Waals surface area contributed by atoms with E-state index in [1.54, 1.807) is 14.2 Å². The van der Waals surface area contributed by atoms with Gasteiger partial charge >= 0.3 is 0 Å². The Morgan fingerprint density at radius 3 is 2.39 bits per heavy atom. The average molecular weight is 321 g/mol. The van der Waals surface area contributed by atoms with Crippen molar-refractivity contribution in [2.45, 2.75) is 25.7 Å². The van der Waals surface area contributed by atoms with Gasteiger partial charge in [-0.1, -0.05) is 30.3 Å². The number of guanidine groups is 1. The molecule has 0 unspecified atom stereocenters. The van der Waals surface area contributed by atoms with Crippen LogP contribution in [0.2, 0.25) is 0 Å². The molecule has 0 bridgehead atoms. The van der Waals surface area contributed by atoms with Crippen molar-refractivity contribution in [2.75, 3.05) is 47.1 Å². The first kappa shape index (κ1) is 19.5. The molecule has 1 aromatic carbocycles. The van der Waals surface area contributed by atoms with Crippen LogP contribution in [0.1, 0.15) is 24.8 Å². The number of unbranched alkanes of at least 4 members (excludes halogenated alkanes) is 1. The van der Waals surface area contributed by atoms with Crippen molar-refractivity contribution in [1.29, 1.82) is 0 Å². The molecular weight excluding hydrogens is 290 g/mol. The molecule has 0 aliphatic carbocycles. The van der Waals surface area contributed by atoms with Gasteiger partial charge in [-0.3, -0.25) is 4.99 Å². The van der Waals surface area contributed by atoms with Gasteiger partial charge < -0.3 is 20.1 Å². The zero-order valence-electron chi connectivity index (χ0n) is 14.5. The summed E-state index contributed by atoms with van der Waals surface area (Å²) in [5.74, 6) is 0.873. The summed E-state index contributed by atoms with van der Waals surface area (Å²) < 4.78 is 10.4. The minimum atomic E-state index is 0.664. The van der Waals surface area contributed by atoms with E-state index in [1.807, 2.05) is 0 Å². The number of ether oxygens (including phenoxy) is 2. The third kappa shape index (κ3) is 10.7. The van der Waals surface area contributed by atoms with Gasteiger partial charge in [0.2, 0.25) is 0 Å². The highest BCUT2D eigenvalue weighted by molar-refractivity contribution is 5.79. The Hall–Kier alpha value is -1.59. The topological polar surface area (TPSA) is 54.9 Å². The third-order valence-corrected chi connectivity index (χ3v) is 3.44. The molecule has 0 atom stereocenters. The first-order chi connectivity index (χ1) is 11.4. The Morgan fingerprint density at radius 2 is 1.70 bits per heavy atom. The molecule has 0 saturated heterocycles. The van der Waals surface area contributed by atoms with E-state index in [0.29, 0.717) is 13.2 Å². The SMILES string of the molecule is CN=C(NCCCCOCCOC)NCCCc1ccccc1. The van der Waals surface area contributed by atoms with Crippen LogP contribution < -0.4 is 10.6 Å². The molecule has 0 spiro atoms. The number of hydrogen-bond acceptors (Lipinski definition) is 3. The number of aryl methyl sites for hydroxylation is 1. The van der Waals surface area contributed by atoms with E-state index in [0.717, 1.165) is 51.3 Å². The average Bonchev–Trinajstić information content (AvgIpc) is 2.60. The summed E-state index contributed by atoms with van der Waals surface area (Å²) in [6, 6.07) is 10.6. The molecule has 0 amide bonds. The van der Waals surface area contributed by atoms with Crippen LogP contribution in [0.5, 0.6) is 0 Å². The summed E-state index contributed by atoms with van der Waals surface area (Å²) in [5, 5.41) is 6.68. The minimum absolute atomic E-state index is 0.664. The van der Waals surface area contributed by atoms with E-state index in [4.69, 9.17) is 9.47 Å². The van der Waals surface area contributed by atoms with Gasteiger partial charge in [-0.05, 0) is 31.2 Å². The predicted molar refractivity (Wildman–Crippen MR) is 96.1 cm³/mol. The van der Waals surface area contributed by atoms with Crippen molar-refractivity contribution >= 4 is 5.96 Å². The molecule has 0 heterocycles. The van der Waals surface area contributed by atoms with Crippen LogP contribution in [-0.2, 0) is 15.9 Å². The molecule has 1 rings (SSSR count). The van der Waals surface area contributed by atoms with Crippen LogP contribution in [-0.4, -0.2) is 53.0 Å². The Morgan fingerprint density at radius 1 is 0.957 bits per heavy atom. The Kier molecular flexibility index (Phi) is 11.9. The molecule has 130 valence electrons. The van der Waals surface area contributed by atoms with Gasteiger partial charge in [-0.15, -0.1) is 0 Å². The highest BCUT2D eigenvalue weighted by atomic mass is 16.5. The van der Waals surface area contributed by atoms with Gasteiger partial charge in [0.25, 0.3) is 0 Å². The maximum Gasteiger partial charge on any atom is 0.190 e. The molecule has 1 aromatic rings. The number of nitrogens with one attached hydrogen (secondary N) is 2. The molecule has 23 heavy (non-hydrogen) atoms. The van der Waals surface area contributed by atoms with E-state index in [-0.39, 0.29) is 0 Å². The molecule has 0 fully saturated rings. The van der Waals surface area contributed by atoms with E-state index < -0.39 is 0 Å². The molecule has 0 saturated carbocycles. The molecule has 2 N–H and O–H groups in total. The first-order valence-corrected chi connectivity index (χ1v) is 8.42. The van der Waals surface area contributed by atoms with Crippen LogP contribution in [0.3, 0.4) is 0 Å². The monoisotopic (exact) mass is 321 g/mol. The summed E-state index contributed by atoms with van der Waals surface area (Å²) >= 11 is 0.